The number of carbonyl (C=O) groups excluding carboxylic acids is 1. The Morgan fingerprint density at radius 1 is 1.40 bits per heavy atom. The molecule has 1 rings (SSSR count). The number of carbonyl (C=O) groups is 2. The number of ether oxygens (including phenoxy) is 1. The second-order valence-corrected chi connectivity index (χ2v) is 5.35. The number of carboxylic acids is 1. The van der Waals surface area contributed by atoms with Crippen LogP contribution in [-0.4, -0.2) is 29.6 Å². The molecule has 1 amide bonds. The van der Waals surface area contributed by atoms with Crippen molar-refractivity contribution in [2.75, 3.05) is 7.11 Å². The predicted molar refractivity (Wildman–Crippen MR) is 76.2 cm³/mol. The lowest BCUT2D eigenvalue weighted by Crippen LogP contribution is -2.49. The highest BCUT2D eigenvalue weighted by Gasteiger charge is 2.28. The molecule has 0 unspecified atom stereocenters. The summed E-state index contributed by atoms with van der Waals surface area (Å²) in [5.41, 5.74) is -0.381. The normalized spacial score (nSPS) is 11.0. The van der Waals surface area contributed by atoms with Crippen LogP contribution in [0.15, 0.2) is 18.2 Å². The molecule has 0 atom stereocenters. The molecule has 0 aromatic heterocycles. The van der Waals surface area contributed by atoms with Crippen molar-refractivity contribution in [1.29, 1.82) is 0 Å². The van der Waals surface area contributed by atoms with Crippen LogP contribution in [0.5, 0.6) is 5.75 Å². The second kappa shape index (κ2) is 6.61. The van der Waals surface area contributed by atoms with E-state index in [1.165, 1.54) is 21.0 Å². The van der Waals surface area contributed by atoms with E-state index in [9.17, 15) is 9.59 Å². The maximum absolute atomic E-state index is 11.7. The first-order valence-corrected chi connectivity index (χ1v) is 6.51. The Hall–Kier alpha value is -1.75. The number of halogens is 1. The summed E-state index contributed by atoms with van der Waals surface area (Å²) in [6.07, 6.45) is 0.671. The van der Waals surface area contributed by atoms with Gasteiger partial charge in [0.05, 0.1) is 12.1 Å². The molecule has 1 aromatic carbocycles. The van der Waals surface area contributed by atoms with Crippen molar-refractivity contribution in [2.45, 2.75) is 32.2 Å². The number of amides is 1. The van der Waals surface area contributed by atoms with Gasteiger partial charge >= 0.3 is 5.97 Å². The summed E-state index contributed by atoms with van der Waals surface area (Å²) in [6, 6.07) is 5.28. The van der Waals surface area contributed by atoms with E-state index in [0.29, 0.717) is 17.2 Å². The zero-order valence-electron chi connectivity index (χ0n) is 11.7. The summed E-state index contributed by atoms with van der Waals surface area (Å²) in [6.45, 7) is 2.88. The van der Waals surface area contributed by atoms with Crippen molar-refractivity contribution in [2.24, 2.45) is 0 Å². The molecule has 0 radical (unpaired) electrons. The van der Waals surface area contributed by atoms with Crippen LogP contribution in [0.25, 0.3) is 0 Å². The van der Waals surface area contributed by atoms with E-state index in [2.05, 4.69) is 5.32 Å². The first-order valence-electron chi connectivity index (χ1n) is 6.13. The molecule has 2 N–H and O–H groups in total. The van der Waals surface area contributed by atoms with E-state index in [1.54, 1.807) is 12.1 Å². The van der Waals surface area contributed by atoms with Crippen LogP contribution < -0.4 is 10.1 Å². The van der Waals surface area contributed by atoms with Crippen molar-refractivity contribution in [1.82, 2.24) is 5.32 Å². The van der Waals surface area contributed by atoms with E-state index < -0.39 is 11.5 Å². The molecule has 0 aliphatic rings. The standard InChI is InChI=1S/C14H18ClNO4/c1-14(2,13(18)19)16-12(17)7-5-9-4-6-11(20-3)10(15)8-9/h4,6,8H,5,7H2,1-3H3,(H,16,17)(H,18,19). The number of rotatable bonds is 6. The summed E-state index contributed by atoms with van der Waals surface area (Å²) >= 11 is 5.99. The Balaban J connectivity index is 2.57. The minimum atomic E-state index is -1.27. The summed E-state index contributed by atoms with van der Waals surface area (Å²) in [5, 5.41) is 11.9. The lowest BCUT2D eigenvalue weighted by atomic mass is 10.0. The Morgan fingerprint density at radius 3 is 2.55 bits per heavy atom. The fourth-order valence-corrected chi connectivity index (χ4v) is 1.87. The van der Waals surface area contributed by atoms with Crippen LogP contribution in [0.2, 0.25) is 5.02 Å². The molecule has 20 heavy (non-hydrogen) atoms. The number of methoxy groups -OCH3 is 1. The lowest BCUT2D eigenvalue weighted by Gasteiger charge is -2.20. The zero-order valence-corrected chi connectivity index (χ0v) is 12.5. The van der Waals surface area contributed by atoms with Gasteiger partial charge in [0, 0.05) is 6.42 Å². The molecule has 0 saturated heterocycles. The highest BCUT2D eigenvalue weighted by molar-refractivity contribution is 6.32. The smallest absolute Gasteiger partial charge is 0.328 e. The van der Waals surface area contributed by atoms with Gasteiger partial charge < -0.3 is 15.2 Å². The number of carboxylic acid groups (broad SMARTS) is 1. The Bertz CT molecular complexity index is 514. The topological polar surface area (TPSA) is 75.6 Å². The third kappa shape index (κ3) is 4.42. The highest BCUT2D eigenvalue weighted by atomic mass is 35.5. The molecule has 0 spiro atoms. The first-order chi connectivity index (χ1) is 9.26. The molecule has 6 heteroatoms. The quantitative estimate of drug-likeness (QED) is 0.845. The van der Waals surface area contributed by atoms with Crippen LogP contribution in [0.3, 0.4) is 0 Å². The fourth-order valence-electron chi connectivity index (χ4n) is 1.59. The lowest BCUT2D eigenvalue weighted by molar-refractivity contribution is -0.146. The highest BCUT2D eigenvalue weighted by Crippen LogP contribution is 2.25. The third-order valence-electron chi connectivity index (χ3n) is 2.84. The average molecular weight is 300 g/mol. The van der Waals surface area contributed by atoms with Crippen molar-refractivity contribution in [3.63, 3.8) is 0 Å². The van der Waals surface area contributed by atoms with E-state index in [1.807, 2.05) is 6.07 Å². The van der Waals surface area contributed by atoms with E-state index >= 15 is 0 Å². The Labute approximate surface area is 122 Å². The number of aliphatic carboxylic acids is 1. The van der Waals surface area contributed by atoms with Crippen molar-refractivity contribution >= 4 is 23.5 Å². The van der Waals surface area contributed by atoms with Gasteiger partial charge in [-0.1, -0.05) is 17.7 Å². The van der Waals surface area contributed by atoms with Gasteiger partial charge in [-0.3, -0.25) is 4.79 Å². The molecule has 0 aliphatic carbocycles. The van der Waals surface area contributed by atoms with Crippen molar-refractivity contribution in [3.05, 3.63) is 28.8 Å². The summed E-state index contributed by atoms with van der Waals surface area (Å²) < 4.78 is 5.04. The Kier molecular flexibility index (Phi) is 5.39. The van der Waals surface area contributed by atoms with Gasteiger partial charge in [0.25, 0.3) is 0 Å². The molecule has 0 saturated carbocycles. The maximum atomic E-state index is 11.7. The van der Waals surface area contributed by atoms with Gasteiger partial charge in [0.2, 0.25) is 5.91 Å². The number of nitrogens with one attached hydrogen (secondary N) is 1. The van der Waals surface area contributed by atoms with E-state index in [4.69, 9.17) is 21.4 Å². The van der Waals surface area contributed by atoms with Gasteiger partial charge in [0.1, 0.15) is 11.3 Å². The zero-order chi connectivity index (χ0) is 15.3. The van der Waals surface area contributed by atoms with Gasteiger partial charge in [-0.25, -0.2) is 4.79 Å². The second-order valence-electron chi connectivity index (χ2n) is 4.95. The van der Waals surface area contributed by atoms with E-state index in [-0.39, 0.29) is 12.3 Å². The monoisotopic (exact) mass is 299 g/mol. The van der Waals surface area contributed by atoms with Gasteiger partial charge in [-0.2, -0.15) is 0 Å². The van der Waals surface area contributed by atoms with Crippen LogP contribution in [0.1, 0.15) is 25.8 Å². The summed E-state index contributed by atoms with van der Waals surface area (Å²) in [5.74, 6) is -0.811. The maximum Gasteiger partial charge on any atom is 0.328 e. The van der Waals surface area contributed by atoms with E-state index in [0.717, 1.165) is 5.56 Å². The number of aryl methyl sites for hydroxylation is 1. The van der Waals surface area contributed by atoms with Crippen LogP contribution in [-0.2, 0) is 16.0 Å². The SMILES string of the molecule is COc1ccc(CCC(=O)NC(C)(C)C(=O)O)cc1Cl. The largest absolute Gasteiger partial charge is 0.495 e. The summed E-state index contributed by atoms with van der Waals surface area (Å²) in [7, 11) is 1.53. The molecular weight excluding hydrogens is 282 g/mol. The predicted octanol–water partition coefficient (Wildman–Crippen LogP) is 2.26. The summed E-state index contributed by atoms with van der Waals surface area (Å²) in [4.78, 5) is 22.6. The van der Waals surface area contributed by atoms with Crippen molar-refractivity contribution in [3.8, 4) is 5.75 Å². The van der Waals surface area contributed by atoms with Crippen LogP contribution >= 0.6 is 11.6 Å². The molecule has 0 heterocycles. The van der Waals surface area contributed by atoms with Crippen LogP contribution in [0, 0.1) is 0 Å². The van der Waals surface area contributed by atoms with Crippen LogP contribution in [0.4, 0.5) is 0 Å². The number of hydrogen-bond acceptors (Lipinski definition) is 3. The average Bonchev–Trinajstić information content (AvgIpc) is 2.35. The molecule has 1 aromatic rings. The molecule has 5 nitrogen and oxygen atoms in total. The number of hydrogen-bond donors (Lipinski definition) is 2. The molecule has 0 bridgehead atoms. The minimum absolute atomic E-state index is 0.194. The third-order valence-corrected chi connectivity index (χ3v) is 3.14. The van der Waals surface area contributed by atoms with Gasteiger partial charge in [-0.15, -0.1) is 0 Å². The number of benzene rings is 1. The molecule has 0 fully saturated rings. The van der Waals surface area contributed by atoms with Gasteiger partial charge in [0.15, 0.2) is 0 Å². The minimum Gasteiger partial charge on any atom is -0.495 e. The Morgan fingerprint density at radius 2 is 2.05 bits per heavy atom. The van der Waals surface area contributed by atoms with Crippen molar-refractivity contribution < 1.29 is 19.4 Å². The first kappa shape index (κ1) is 16.3. The molecule has 110 valence electrons. The molecular formula is C14H18ClNO4. The molecule has 0 aliphatic heterocycles. The van der Waals surface area contributed by atoms with Gasteiger partial charge in [-0.05, 0) is 38.0 Å². The fraction of sp³-hybridized carbons (Fsp3) is 0.429.